The number of hydrogen-bond donors (Lipinski definition) is 4. The molecule has 0 fully saturated rings. The lowest BCUT2D eigenvalue weighted by Crippen LogP contribution is -1.90. The highest BCUT2D eigenvalue weighted by molar-refractivity contribution is 5.69. The first-order chi connectivity index (χ1) is 4.61. The lowest BCUT2D eigenvalue weighted by atomic mass is 10.2. The molecule has 0 saturated carbocycles. The molecule has 0 amide bonds. The minimum absolute atomic E-state index is 0.0483. The van der Waals surface area contributed by atoms with Gasteiger partial charge in [0.1, 0.15) is 5.75 Å². The maximum Gasteiger partial charge on any atom is 0.161 e. The summed E-state index contributed by atoms with van der Waals surface area (Å²) < 4.78 is 0. The third-order valence-corrected chi connectivity index (χ3v) is 1.15. The molecule has 0 aliphatic rings. The van der Waals surface area contributed by atoms with E-state index in [1.165, 1.54) is 12.1 Å². The number of phenolic OH excluding ortho intramolecular Hbond substituents is 2. The van der Waals surface area contributed by atoms with Gasteiger partial charge in [-0.25, -0.2) is 0 Å². The van der Waals surface area contributed by atoms with Gasteiger partial charge < -0.3 is 21.7 Å². The second-order valence-corrected chi connectivity index (χ2v) is 1.97. The zero-order chi connectivity index (χ0) is 7.72. The molecule has 0 spiro atoms. The topological polar surface area (TPSA) is 92.5 Å². The highest BCUT2D eigenvalue weighted by atomic mass is 16.3. The van der Waals surface area contributed by atoms with Crippen molar-refractivity contribution in [3.05, 3.63) is 12.1 Å². The fraction of sp³-hybridized carbons (Fsp3) is 0. The Morgan fingerprint density at radius 3 is 1.80 bits per heavy atom. The first-order valence-electron chi connectivity index (χ1n) is 2.68. The van der Waals surface area contributed by atoms with E-state index in [4.69, 9.17) is 21.7 Å². The summed E-state index contributed by atoms with van der Waals surface area (Å²) in [6, 6.07) is 2.46. The van der Waals surface area contributed by atoms with Crippen molar-refractivity contribution in [2.75, 3.05) is 11.5 Å². The first kappa shape index (κ1) is 6.54. The van der Waals surface area contributed by atoms with Gasteiger partial charge in [0.15, 0.2) is 5.75 Å². The van der Waals surface area contributed by atoms with Crippen molar-refractivity contribution in [1.82, 2.24) is 0 Å². The summed E-state index contributed by atoms with van der Waals surface area (Å²) in [5.74, 6) is -0.231. The Labute approximate surface area is 57.7 Å². The van der Waals surface area contributed by atoms with Crippen LogP contribution in [-0.4, -0.2) is 10.2 Å². The van der Waals surface area contributed by atoms with Crippen molar-refractivity contribution in [3.63, 3.8) is 0 Å². The van der Waals surface area contributed by atoms with Crippen molar-refractivity contribution < 1.29 is 10.2 Å². The van der Waals surface area contributed by atoms with Crippen molar-refractivity contribution in [2.24, 2.45) is 0 Å². The van der Waals surface area contributed by atoms with Gasteiger partial charge in [0.2, 0.25) is 0 Å². The quantitative estimate of drug-likeness (QED) is 0.236. The van der Waals surface area contributed by atoms with E-state index < -0.39 is 0 Å². The largest absolute Gasteiger partial charge is 0.508 e. The number of nitrogens with two attached hydrogens (primary N) is 2. The second-order valence-electron chi connectivity index (χ2n) is 1.97. The van der Waals surface area contributed by atoms with E-state index in [1.54, 1.807) is 0 Å². The summed E-state index contributed by atoms with van der Waals surface area (Å²) in [6.45, 7) is 0. The molecule has 0 unspecified atom stereocenters. The number of benzene rings is 1. The van der Waals surface area contributed by atoms with Crippen LogP contribution in [0.3, 0.4) is 0 Å². The third kappa shape index (κ3) is 0.907. The number of aromatic hydroxyl groups is 2. The highest BCUT2D eigenvalue weighted by Gasteiger charge is 2.02. The minimum Gasteiger partial charge on any atom is -0.508 e. The molecule has 6 N–H and O–H groups in total. The molecule has 4 nitrogen and oxygen atoms in total. The van der Waals surface area contributed by atoms with Crippen LogP contribution in [0.1, 0.15) is 0 Å². The van der Waals surface area contributed by atoms with Crippen LogP contribution < -0.4 is 11.5 Å². The minimum atomic E-state index is -0.183. The SMILES string of the molecule is Nc1cc(O)cc(N)c1O. The maximum absolute atomic E-state index is 8.97. The van der Waals surface area contributed by atoms with E-state index in [-0.39, 0.29) is 22.9 Å². The van der Waals surface area contributed by atoms with Crippen molar-refractivity contribution >= 4 is 11.4 Å². The molecule has 1 aromatic rings. The van der Waals surface area contributed by atoms with Crippen molar-refractivity contribution in [2.45, 2.75) is 0 Å². The number of nitrogen functional groups attached to an aromatic ring is 2. The van der Waals surface area contributed by atoms with E-state index in [1.807, 2.05) is 0 Å². The maximum atomic E-state index is 8.97. The van der Waals surface area contributed by atoms with Gasteiger partial charge in [0, 0.05) is 12.1 Å². The number of anilines is 2. The molecule has 0 aromatic heterocycles. The summed E-state index contributed by atoms with van der Waals surface area (Å²) in [5, 5.41) is 17.8. The van der Waals surface area contributed by atoms with Crippen LogP contribution in [-0.2, 0) is 0 Å². The lowest BCUT2D eigenvalue weighted by Gasteiger charge is -2.01. The summed E-state index contributed by atoms with van der Waals surface area (Å²) in [4.78, 5) is 0. The number of hydrogen-bond acceptors (Lipinski definition) is 4. The Hall–Kier alpha value is -1.58. The molecule has 0 saturated heterocycles. The summed E-state index contributed by atoms with van der Waals surface area (Å²) in [6.07, 6.45) is 0. The van der Waals surface area contributed by atoms with E-state index in [2.05, 4.69) is 0 Å². The first-order valence-corrected chi connectivity index (χ1v) is 2.68. The molecular weight excluding hydrogens is 132 g/mol. The van der Waals surface area contributed by atoms with Gasteiger partial charge in [0.05, 0.1) is 11.4 Å². The predicted molar refractivity (Wildman–Crippen MR) is 38.6 cm³/mol. The van der Waals surface area contributed by atoms with E-state index in [0.29, 0.717) is 0 Å². The normalized spacial score (nSPS) is 9.60. The molecule has 0 aliphatic carbocycles. The molecule has 1 rings (SSSR count). The standard InChI is InChI=1S/C6H8N2O2/c7-4-1-3(9)2-5(8)6(4)10/h1-2,9-10H,7-8H2. The van der Waals surface area contributed by atoms with Crippen LogP contribution in [0, 0.1) is 0 Å². The fourth-order valence-corrected chi connectivity index (χ4v) is 0.664. The zero-order valence-electron chi connectivity index (χ0n) is 5.20. The monoisotopic (exact) mass is 140 g/mol. The van der Waals surface area contributed by atoms with Gasteiger partial charge in [-0.2, -0.15) is 0 Å². The lowest BCUT2D eigenvalue weighted by molar-refractivity contribution is 0.464. The Bertz CT molecular complexity index is 237. The molecule has 10 heavy (non-hydrogen) atoms. The molecule has 4 heteroatoms. The Morgan fingerprint density at radius 2 is 1.40 bits per heavy atom. The summed E-state index contributed by atoms with van der Waals surface area (Å²) in [5.41, 5.74) is 10.6. The Kier molecular flexibility index (Phi) is 1.30. The molecule has 54 valence electrons. The molecule has 0 aliphatic heterocycles. The van der Waals surface area contributed by atoms with E-state index in [9.17, 15) is 0 Å². The van der Waals surface area contributed by atoms with Crippen LogP contribution in [0.25, 0.3) is 0 Å². The van der Waals surface area contributed by atoms with Crippen molar-refractivity contribution in [3.8, 4) is 11.5 Å². The third-order valence-electron chi connectivity index (χ3n) is 1.15. The second kappa shape index (κ2) is 1.98. The molecule has 0 heterocycles. The molecule has 0 radical (unpaired) electrons. The summed E-state index contributed by atoms with van der Waals surface area (Å²) in [7, 11) is 0. The van der Waals surface area contributed by atoms with Gasteiger partial charge in [-0.1, -0.05) is 0 Å². The Balaban J connectivity index is 3.31. The number of phenols is 2. The van der Waals surface area contributed by atoms with Gasteiger partial charge in [-0.3, -0.25) is 0 Å². The smallest absolute Gasteiger partial charge is 0.161 e. The van der Waals surface area contributed by atoms with Crippen LogP contribution >= 0.6 is 0 Å². The number of rotatable bonds is 0. The average Bonchev–Trinajstić information content (AvgIpc) is 1.82. The van der Waals surface area contributed by atoms with Gasteiger partial charge >= 0.3 is 0 Å². The zero-order valence-corrected chi connectivity index (χ0v) is 5.20. The predicted octanol–water partition coefficient (Wildman–Crippen LogP) is 0.262. The van der Waals surface area contributed by atoms with E-state index >= 15 is 0 Å². The Morgan fingerprint density at radius 1 is 1.00 bits per heavy atom. The molecule has 1 aromatic carbocycles. The highest BCUT2D eigenvalue weighted by Crippen LogP contribution is 2.31. The van der Waals surface area contributed by atoms with Gasteiger partial charge in [0.25, 0.3) is 0 Å². The van der Waals surface area contributed by atoms with Gasteiger partial charge in [-0.15, -0.1) is 0 Å². The molecule has 0 atom stereocenters. The van der Waals surface area contributed by atoms with Crippen LogP contribution in [0.2, 0.25) is 0 Å². The molecule has 0 bridgehead atoms. The van der Waals surface area contributed by atoms with Crippen LogP contribution in [0.4, 0.5) is 11.4 Å². The van der Waals surface area contributed by atoms with Crippen molar-refractivity contribution in [1.29, 1.82) is 0 Å². The average molecular weight is 140 g/mol. The van der Waals surface area contributed by atoms with Crippen LogP contribution in [0.5, 0.6) is 11.5 Å². The summed E-state index contributed by atoms with van der Waals surface area (Å²) >= 11 is 0. The van der Waals surface area contributed by atoms with Crippen LogP contribution in [0.15, 0.2) is 12.1 Å². The fourth-order valence-electron chi connectivity index (χ4n) is 0.664. The molecular formula is C6H8N2O2. The van der Waals surface area contributed by atoms with Gasteiger partial charge in [-0.05, 0) is 0 Å². The van der Waals surface area contributed by atoms with E-state index in [0.717, 1.165) is 0 Å².